The fourth-order valence-corrected chi connectivity index (χ4v) is 1.39. The van der Waals surface area contributed by atoms with Crippen LogP contribution in [0.15, 0.2) is 35.5 Å². The minimum atomic E-state index is -0.0547. The molecule has 1 atom stereocenters. The van der Waals surface area contributed by atoms with Crippen LogP contribution in [0.25, 0.3) is 0 Å². The number of aromatic nitrogens is 1. The van der Waals surface area contributed by atoms with Gasteiger partial charge in [-0.25, -0.2) is 0 Å². The van der Waals surface area contributed by atoms with E-state index in [0.29, 0.717) is 6.54 Å². The fraction of sp³-hybridized carbons (Fsp3) is 0.364. The van der Waals surface area contributed by atoms with Crippen LogP contribution in [0.2, 0.25) is 0 Å². The summed E-state index contributed by atoms with van der Waals surface area (Å²) in [5.41, 5.74) is 6.67. The molecule has 1 rings (SSSR count). The van der Waals surface area contributed by atoms with Crippen LogP contribution >= 0.6 is 15.9 Å². The monoisotopic (exact) mass is 254 g/mol. The smallest absolute Gasteiger partial charge is 0.0413 e. The van der Waals surface area contributed by atoms with Crippen LogP contribution in [0.1, 0.15) is 12.6 Å². The van der Waals surface area contributed by atoms with E-state index in [1.807, 2.05) is 18.2 Å². The van der Waals surface area contributed by atoms with Gasteiger partial charge in [-0.3, -0.25) is 4.98 Å². The van der Waals surface area contributed by atoms with Crippen molar-refractivity contribution in [1.82, 2.24) is 4.98 Å². The van der Waals surface area contributed by atoms with E-state index in [0.717, 1.165) is 16.6 Å². The summed E-state index contributed by atoms with van der Waals surface area (Å²) in [5.74, 6) is 0. The fourth-order valence-electron chi connectivity index (χ4n) is 1.15. The molecule has 0 aliphatic carbocycles. The van der Waals surface area contributed by atoms with Gasteiger partial charge in [0.05, 0.1) is 0 Å². The van der Waals surface area contributed by atoms with Crippen molar-refractivity contribution in [2.24, 2.45) is 11.1 Å². The molecule has 0 aliphatic rings. The summed E-state index contributed by atoms with van der Waals surface area (Å²) in [6, 6.07) is 3.99. The van der Waals surface area contributed by atoms with Crippen LogP contribution in [-0.4, -0.2) is 11.5 Å². The molecule has 0 aromatic carbocycles. The molecular formula is C11H15BrN2. The van der Waals surface area contributed by atoms with Crippen molar-refractivity contribution in [3.05, 3.63) is 41.2 Å². The molecule has 2 nitrogen and oxygen atoms in total. The Balaban J connectivity index is 2.77. The molecule has 1 aromatic heterocycles. The molecule has 0 fully saturated rings. The first kappa shape index (κ1) is 11.4. The van der Waals surface area contributed by atoms with Crippen molar-refractivity contribution in [2.75, 3.05) is 6.54 Å². The third kappa shape index (κ3) is 2.93. The van der Waals surface area contributed by atoms with Gasteiger partial charge in [0, 0.05) is 28.3 Å². The van der Waals surface area contributed by atoms with Crippen molar-refractivity contribution in [1.29, 1.82) is 0 Å². The number of nitrogens with zero attached hydrogens (tertiary/aromatic N) is 1. The third-order valence-electron chi connectivity index (χ3n) is 2.33. The number of pyridine rings is 1. The van der Waals surface area contributed by atoms with Gasteiger partial charge in [0.25, 0.3) is 0 Å². The van der Waals surface area contributed by atoms with Gasteiger partial charge < -0.3 is 5.73 Å². The molecule has 0 amide bonds. The SMILES string of the molecule is C=CC(C)(CN)Cc1ccc(Br)cn1. The highest BCUT2D eigenvalue weighted by Gasteiger charge is 2.19. The van der Waals surface area contributed by atoms with E-state index < -0.39 is 0 Å². The molecule has 3 heteroatoms. The van der Waals surface area contributed by atoms with Crippen LogP contribution in [-0.2, 0) is 6.42 Å². The largest absolute Gasteiger partial charge is 0.330 e. The highest BCUT2D eigenvalue weighted by Crippen LogP contribution is 2.21. The minimum Gasteiger partial charge on any atom is -0.330 e. The van der Waals surface area contributed by atoms with Crippen LogP contribution in [0.5, 0.6) is 0 Å². The van der Waals surface area contributed by atoms with E-state index in [9.17, 15) is 0 Å². The van der Waals surface area contributed by atoms with Crippen molar-refractivity contribution in [3.8, 4) is 0 Å². The maximum absolute atomic E-state index is 5.69. The van der Waals surface area contributed by atoms with Crippen molar-refractivity contribution < 1.29 is 0 Å². The summed E-state index contributed by atoms with van der Waals surface area (Å²) in [7, 11) is 0. The minimum absolute atomic E-state index is 0.0547. The summed E-state index contributed by atoms with van der Waals surface area (Å²) >= 11 is 3.35. The van der Waals surface area contributed by atoms with Crippen LogP contribution < -0.4 is 5.73 Å². The second-order valence-electron chi connectivity index (χ2n) is 3.71. The molecule has 0 saturated heterocycles. The van der Waals surface area contributed by atoms with Gasteiger partial charge in [-0.1, -0.05) is 13.0 Å². The Morgan fingerprint density at radius 1 is 1.64 bits per heavy atom. The molecule has 0 aliphatic heterocycles. The first-order valence-corrected chi connectivity index (χ1v) is 5.33. The Morgan fingerprint density at radius 3 is 2.79 bits per heavy atom. The number of rotatable bonds is 4. The Kier molecular flexibility index (Phi) is 3.84. The summed E-state index contributed by atoms with van der Waals surface area (Å²) in [6.07, 6.45) is 4.53. The lowest BCUT2D eigenvalue weighted by atomic mass is 9.85. The standard InChI is InChI=1S/C11H15BrN2/c1-3-11(2,8-13)6-10-5-4-9(12)7-14-10/h3-5,7H,1,6,8,13H2,2H3. The van der Waals surface area contributed by atoms with Gasteiger partial charge in [0.1, 0.15) is 0 Å². The Labute approximate surface area is 93.4 Å². The molecule has 76 valence electrons. The quantitative estimate of drug-likeness (QED) is 0.839. The van der Waals surface area contributed by atoms with Gasteiger partial charge in [-0.05, 0) is 34.5 Å². The summed E-state index contributed by atoms with van der Waals surface area (Å²) in [6.45, 7) is 6.48. The number of hydrogen-bond donors (Lipinski definition) is 1. The molecular weight excluding hydrogens is 240 g/mol. The molecule has 0 saturated carbocycles. The lowest BCUT2D eigenvalue weighted by molar-refractivity contribution is 0.434. The normalized spacial score (nSPS) is 14.8. The van der Waals surface area contributed by atoms with Gasteiger partial charge in [-0.15, -0.1) is 6.58 Å². The summed E-state index contributed by atoms with van der Waals surface area (Å²) in [5, 5.41) is 0. The Hall–Kier alpha value is -0.670. The topological polar surface area (TPSA) is 38.9 Å². The van der Waals surface area contributed by atoms with Crippen LogP contribution in [0, 0.1) is 5.41 Å². The maximum Gasteiger partial charge on any atom is 0.0413 e. The van der Waals surface area contributed by atoms with Crippen LogP contribution in [0.3, 0.4) is 0 Å². The van der Waals surface area contributed by atoms with E-state index in [2.05, 4.69) is 34.4 Å². The Bertz CT molecular complexity index is 308. The van der Waals surface area contributed by atoms with Crippen molar-refractivity contribution in [2.45, 2.75) is 13.3 Å². The van der Waals surface area contributed by atoms with E-state index in [1.165, 1.54) is 0 Å². The number of nitrogens with two attached hydrogens (primary N) is 1. The zero-order chi connectivity index (χ0) is 10.6. The lowest BCUT2D eigenvalue weighted by Crippen LogP contribution is -2.27. The Morgan fingerprint density at radius 2 is 2.36 bits per heavy atom. The molecule has 2 N–H and O–H groups in total. The average Bonchev–Trinajstić information content (AvgIpc) is 2.21. The van der Waals surface area contributed by atoms with Crippen LogP contribution in [0.4, 0.5) is 0 Å². The van der Waals surface area contributed by atoms with E-state index in [1.54, 1.807) is 6.20 Å². The first-order chi connectivity index (χ1) is 6.59. The molecule has 1 heterocycles. The predicted octanol–water partition coefficient (Wildman–Crippen LogP) is 2.54. The van der Waals surface area contributed by atoms with E-state index in [-0.39, 0.29) is 5.41 Å². The predicted molar refractivity (Wildman–Crippen MR) is 63.0 cm³/mol. The zero-order valence-electron chi connectivity index (χ0n) is 8.33. The average molecular weight is 255 g/mol. The first-order valence-electron chi connectivity index (χ1n) is 4.54. The van der Waals surface area contributed by atoms with Gasteiger partial charge >= 0.3 is 0 Å². The lowest BCUT2D eigenvalue weighted by Gasteiger charge is -2.22. The second kappa shape index (κ2) is 4.71. The van der Waals surface area contributed by atoms with Gasteiger partial charge in [-0.2, -0.15) is 0 Å². The van der Waals surface area contributed by atoms with E-state index in [4.69, 9.17) is 5.73 Å². The molecule has 0 bridgehead atoms. The maximum atomic E-state index is 5.69. The van der Waals surface area contributed by atoms with Crippen molar-refractivity contribution >= 4 is 15.9 Å². The molecule has 1 aromatic rings. The number of halogens is 1. The highest BCUT2D eigenvalue weighted by molar-refractivity contribution is 9.10. The molecule has 0 spiro atoms. The number of hydrogen-bond acceptors (Lipinski definition) is 2. The molecule has 1 unspecified atom stereocenters. The summed E-state index contributed by atoms with van der Waals surface area (Å²) < 4.78 is 0.995. The van der Waals surface area contributed by atoms with Gasteiger partial charge in [0.15, 0.2) is 0 Å². The van der Waals surface area contributed by atoms with E-state index >= 15 is 0 Å². The summed E-state index contributed by atoms with van der Waals surface area (Å²) in [4.78, 5) is 4.31. The molecule has 14 heavy (non-hydrogen) atoms. The molecule has 0 radical (unpaired) electrons. The third-order valence-corrected chi connectivity index (χ3v) is 2.80. The second-order valence-corrected chi connectivity index (χ2v) is 4.62. The van der Waals surface area contributed by atoms with Crippen molar-refractivity contribution in [3.63, 3.8) is 0 Å². The highest BCUT2D eigenvalue weighted by atomic mass is 79.9. The van der Waals surface area contributed by atoms with Gasteiger partial charge in [0.2, 0.25) is 0 Å². The zero-order valence-corrected chi connectivity index (χ0v) is 9.92.